The summed E-state index contributed by atoms with van der Waals surface area (Å²) in [6, 6.07) is 7.40. The molecule has 2 rings (SSSR count). The van der Waals surface area contributed by atoms with Gasteiger partial charge in [0.05, 0.1) is 5.69 Å². The molecule has 0 atom stereocenters. The lowest BCUT2D eigenvalue weighted by Gasteiger charge is -2.05. The van der Waals surface area contributed by atoms with Gasteiger partial charge in [-0.05, 0) is 37.4 Å². The first kappa shape index (κ1) is 12.9. The lowest BCUT2D eigenvalue weighted by Crippen LogP contribution is -2.19. The summed E-state index contributed by atoms with van der Waals surface area (Å²) >= 11 is 3.07. The molecule has 0 radical (unpaired) electrons. The van der Waals surface area contributed by atoms with Crippen LogP contribution in [0.15, 0.2) is 34.5 Å². The zero-order valence-corrected chi connectivity index (χ0v) is 11.7. The van der Waals surface area contributed by atoms with Crippen LogP contribution < -0.4 is 10.6 Å². The number of thioether (sulfide) groups is 1. The molecule has 6 heteroatoms. The van der Waals surface area contributed by atoms with E-state index >= 15 is 0 Å². The monoisotopic (exact) mass is 279 g/mol. The van der Waals surface area contributed by atoms with Gasteiger partial charge in [-0.25, -0.2) is 9.78 Å². The maximum atomic E-state index is 11.7. The summed E-state index contributed by atoms with van der Waals surface area (Å²) in [6.07, 6.45) is 2.01. The van der Waals surface area contributed by atoms with Crippen molar-refractivity contribution in [3.05, 3.63) is 35.3 Å². The Hall–Kier alpha value is -1.53. The van der Waals surface area contributed by atoms with Crippen molar-refractivity contribution >= 4 is 39.9 Å². The number of nitrogens with zero attached hydrogens (tertiary/aromatic N) is 1. The Bertz CT molecular complexity index is 537. The summed E-state index contributed by atoms with van der Waals surface area (Å²) in [7, 11) is 0. The molecule has 0 saturated heterocycles. The highest BCUT2D eigenvalue weighted by atomic mass is 32.2. The zero-order chi connectivity index (χ0) is 13.0. The number of benzene rings is 1. The van der Waals surface area contributed by atoms with Crippen molar-refractivity contribution < 1.29 is 4.79 Å². The van der Waals surface area contributed by atoms with Crippen LogP contribution in [0.5, 0.6) is 0 Å². The molecule has 0 aliphatic heterocycles. The van der Waals surface area contributed by atoms with Crippen molar-refractivity contribution in [2.75, 3.05) is 16.9 Å². The van der Waals surface area contributed by atoms with Crippen LogP contribution in [0.4, 0.5) is 15.6 Å². The molecule has 2 N–H and O–H groups in total. The van der Waals surface area contributed by atoms with Crippen molar-refractivity contribution in [1.82, 2.24) is 4.98 Å². The average Bonchev–Trinajstić information content (AvgIpc) is 2.75. The summed E-state index contributed by atoms with van der Waals surface area (Å²) in [4.78, 5) is 17.0. The highest BCUT2D eigenvalue weighted by Gasteiger charge is 2.05. The number of urea groups is 1. The van der Waals surface area contributed by atoms with Gasteiger partial charge in [0, 0.05) is 16.0 Å². The number of hydrogen-bond acceptors (Lipinski definition) is 4. The minimum absolute atomic E-state index is 0.277. The van der Waals surface area contributed by atoms with E-state index in [9.17, 15) is 4.79 Å². The summed E-state index contributed by atoms with van der Waals surface area (Å²) in [5.74, 6) is 0. The number of nitrogens with one attached hydrogen (secondary N) is 2. The van der Waals surface area contributed by atoms with Gasteiger partial charge in [-0.2, -0.15) is 0 Å². The minimum Gasteiger partial charge on any atom is -0.308 e. The third-order valence-corrected chi connectivity index (χ3v) is 3.81. The van der Waals surface area contributed by atoms with Crippen LogP contribution >= 0.6 is 23.1 Å². The number of carbonyl (C=O) groups excluding carboxylic acids is 1. The second-order valence-electron chi connectivity index (χ2n) is 3.60. The van der Waals surface area contributed by atoms with Crippen LogP contribution in [0.3, 0.4) is 0 Å². The number of rotatable bonds is 3. The predicted molar refractivity (Wildman–Crippen MR) is 77.7 cm³/mol. The van der Waals surface area contributed by atoms with Gasteiger partial charge in [-0.15, -0.1) is 23.1 Å². The average molecular weight is 279 g/mol. The van der Waals surface area contributed by atoms with E-state index in [0.29, 0.717) is 5.13 Å². The van der Waals surface area contributed by atoms with E-state index in [2.05, 4.69) is 15.6 Å². The van der Waals surface area contributed by atoms with Gasteiger partial charge >= 0.3 is 6.03 Å². The molecule has 1 heterocycles. The van der Waals surface area contributed by atoms with Gasteiger partial charge in [0.15, 0.2) is 5.13 Å². The van der Waals surface area contributed by atoms with Crippen molar-refractivity contribution in [2.24, 2.45) is 0 Å². The van der Waals surface area contributed by atoms with Crippen LogP contribution in [0, 0.1) is 6.92 Å². The molecule has 0 aliphatic carbocycles. The first-order chi connectivity index (χ1) is 8.67. The molecular formula is C12H13N3OS2. The van der Waals surface area contributed by atoms with Crippen molar-refractivity contribution in [1.29, 1.82) is 0 Å². The van der Waals surface area contributed by atoms with Gasteiger partial charge in [0.25, 0.3) is 0 Å². The fourth-order valence-corrected chi connectivity index (χ4v) is 2.44. The number of hydrogen-bond donors (Lipinski definition) is 2. The lowest BCUT2D eigenvalue weighted by molar-refractivity contribution is 0.262. The van der Waals surface area contributed by atoms with Crippen LogP contribution in [0.25, 0.3) is 0 Å². The molecule has 0 saturated carbocycles. The SMILES string of the molecule is CSc1ccc(NC(=O)Nc2nc(C)cs2)cc1. The summed E-state index contributed by atoms with van der Waals surface area (Å²) < 4.78 is 0. The van der Waals surface area contributed by atoms with E-state index in [4.69, 9.17) is 0 Å². The Kier molecular flexibility index (Phi) is 4.22. The maximum absolute atomic E-state index is 11.7. The fraction of sp³-hybridized carbons (Fsp3) is 0.167. The number of carbonyl (C=O) groups is 1. The van der Waals surface area contributed by atoms with Gasteiger partial charge in [0.1, 0.15) is 0 Å². The van der Waals surface area contributed by atoms with E-state index in [-0.39, 0.29) is 6.03 Å². The Morgan fingerprint density at radius 3 is 2.56 bits per heavy atom. The molecule has 2 amide bonds. The number of amides is 2. The molecule has 18 heavy (non-hydrogen) atoms. The smallest absolute Gasteiger partial charge is 0.308 e. The first-order valence-corrected chi connectivity index (χ1v) is 7.42. The number of aromatic nitrogens is 1. The molecule has 1 aromatic heterocycles. The maximum Gasteiger partial charge on any atom is 0.325 e. The second kappa shape index (κ2) is 5.88. The Labute approximate surface area is 114 Å². The van der Waals surface area contributed by atoms with Crippen molar-refractivity contribution in [3.63, 3.8) is 0 Å². The Morgan fingerprint density at radius 2 is 2.00 bits per heavy atom. The molecule has 94 valence electrons. The number of anilines is 2. The van der Waals surface area contributed by atoms with Crippen molar-refractivity contribution in [2.45, 2.75) is 11.8 Å². The summed E-state index contributed by atoms with van der Waals surface area (Å²) in [6.45, 7) is 1.89. The third kappa shape index (κ3) is 3.48. The van der Waals surface area contributed by atoms with E-state index in [1.165, 1.54) is 11.3 Å². The van der Waals surface area contributed by atoms with Crippen LogP contribution in [0.1, 0.15) is 5.69 Å². The van der Waals surface area contributed by atoms with Gasteiger partial charge in [-0.1, -0.05) is 0 Å². The highest BCUT2D eigenvalue weighted by Crippen LogP contribution is 2.18. The molecule has 1 aromatic carbocycles. The quantitative estimate of drug-likeness (QED) is 0.840. The molecular weight excluding hydrogens is 266 g/mol. The standard InChI is InChI=1S/C12H13N3OS2/c1-8-7-18-12(13-8)15-11(16)14-9-3-5-10(17-2)6-4-9/h3-7H,1-2H3,(H2,13,14,15,16). The second-order valence-corrected chi connectivity index (χ2v) is 5.34. The van der Waals surface area contributed by atoms with E-state index in [0.717, 1.165) is 16.3 Å². The minimum atomic E-state index is -0.277. The van der Waals surface area contributed by atoms with Crippen LogP contribution in [0.2, 0.25) is 0 Å². The molecule has 0 unspecified atom stereocenters. The fourth-order valence-electron chi connectivity index (χ4n) is 1.35. The highest BCUT2D eigenvalue weighted by molar-refractivity contribution is 7.98. The molecule has 0 bridgehead atoms. The van der Waals surface area contributed by atoms with E-state index in [1.54, 1.807) is 11.8 Å². The lowest BCUT2D eigenvalue weighted by atomic mass is 10.3. The number of aryl methyl sites for hydroxylation is 1. The van der Waals surface area contributed by atoms with Crippen LogP contribution in [-0.2, 0) is 0 Å². The zero-order valence-electron chi connectivity index (χ0n) is 10.1. The normalized spacial score (nSPS) is 10.1. The van der Waals surface area contributed by atoms with E-state index in [1.807, 2.05) is 42.8 Å². The largest absolute Gasteiger partial charge is 0.325 e. The van der Waals surface area contributed by atoms with Gasteiger partial charge in [0.2, 0.25) is 0 Å². The Morgan fingerprint density at radius 1 is 1.28 bits per heavy atom. The first-order valence-electron chi connectivity index (χ1n) is 5.31. The van der Waals surface area contributed by atoms with Gasteiger partial charge < -0.3 is 5.32 Å². The van der Waals surface area contributed by atoms with Crippen LogP contribution in [-0.4, -0.2) is 17.3 Å². The topological polar surface area (TPSA) is 54.0 Å². The summed E-state index contributed by atoms with van der Waals surface area (Å²) in [5, 5.41) is 7.94. The molecule has 4 nitrogen and oxygen atoms in total. The number of thiazole rings is 1. The molecule has 0 spiro atoms. The van der Waals surface area contributed by atoms with E-state index < -0.39 is 0 Å². The molecule has 0 aliphatic rings. The van der Waals surface area contributed by atoms with Crippen molar-refractivity contribution in [3.8, 4) is 0 Å². The molecule has 2 aromatic rings. The third-order valence-electron chi connectivity index (χ3n) is 2.19. The Balaban J connectivity index is 1.94. The molecule has 0 fully saturated rings. The van der Waals surface area contributed by atoms with Gasteiger partial charge in [-0.3, -0.25) is 5.32 Å². The predicted octanol–water partition coefficient (Wildman–Crippen LogP) is 3.82. The summed E-state index contributed by atoms with van der Waals surface area (Å²) in [5.41, 5.74) is 1.67.